The first-order valence-electron chi connectivity index (χ1n) is 6.56. The van der Waals surface area contributed by atoms with Crippen LogP contribution < -0.4 is 4.90 Å². The van der Waals surface area contributed by atoms with Crippen LogP contribution in [0.3, 0.4) is 0 Å². The Hall–Kier alpha value is -1.09. The fourth-order valence-corrected chi connectivity index (χ4v) is 2.75. The molecular weight excluding hydrogens is 288 g/mol. The molecule has 3 heteroatoms. The first-order chi connectivity index (χ1) is 8.76. The van der Waals surface area contributed by atoms with Crippen LogP contribution in [0, 0.1) is 0 Å². The number of benzene rings is 1. The van der Waals surface area contributed by atoms with E-state index in [2.05, 4.69) is 52.9 Å². The number of rotatable bonds is 5. The van der Waals surface area contributed by atoms with Crippen molar-refractivity contribution in [3.8, 4) is 0 Å². The summed E-state index contributed by atoms with van der Waals surface area (Å²) in [5.74, 6) is 1.07. The number of halogens is 1. The molecule has 96 valence electrons. The standard InChI is InChI=1S/C15H19BrN2/c1-3-9-18(10-4-2)15-13(16)11-12-7-5-6-8-14(12)17-15/h5-8,11H,3-4,9-10H2,1-2H3. The largest absolute Gasteiger partial charge is 0.356 e. The minimum absolute atomic E-state index is 1.05. The molecule has 0 N–H and O–H groups in total. The smallest absolute Gasteiger partial charge is 0.143 e. The molecule has 0 aliphatic carbocycles. The average molecular weight is 307 g/mol. The highest BCUT2D eigenvalue weighted by molar-refractivity contribution is 9.10. The molecule has 18 heavy (non-hydrogen) atoms. The zero-order chi connectivity index (χ0) is 13.0. The topological polar surface area (TPSA) is 16.1 Å². The van der Waals surface area contributed by atoms with Gasteiger partial charge in [-0.2, -0.15) is 0 Å². The summed E-state index contributed by atoms with van der Waals surface area (Å²) in [4.78, 5) is 7.15. The minimum Gasteiger partial charge on any atom is -0.356 e. The number of anilines is 1. The van der Waals surface area contributed by atoms with Crippen molar-refractivity contribution in [1.82, 2.24) is 4.98 Å². The summed E-state index contributed by atoms with van der Waals surface area (Å²) in [6.45, 7) is 6.52. The molecule has 0 spiro atoms. The van der Waals surface area contributed by atoms with Gasteiger partial charge in [0.25, 0.3) is 0 Å². The Balaban J connectivity index is 2.44. The van der Waals surface area contributed by atoms with Gasteiger partial charge in [0.15, 0.2) is 0 Å². The number of aromatic nitrogens is 1. The molecule has 0 saturated heterocycles. The lowest BCUT2D eigenvalue weighted by Crippen LogP contribution is -2.26. The lowest BCUT2D eigenvalue weighted by Gasteiger charge is -2.24. The van der Waals surface area contributed by atoms with E-state index in [-0.39, 0.29) is 0 Å². The quantitative estimate of drug-likeness (QED) is 0.801. The summed E-state index contributed by atoms with van der Waals surface area (Å²) in [5, 5.41) is 1.18. The zero-order valence-corrected chi connectivity index (χ0v) is 12.6. The molecule has 0 saturated carbocycles. The molecule has 1 heterocycles. The van der Waals surface area contributed by atoms with Crippen molar-refractivity contribution in [2.45, 2.75) is 26.7 Å². The van der Waals surface area contributed by atoms with Crippen LogP contribution in [0.15, 0.2) is 34.8 Å². The number of hydrogen-bond donors (Lipinski definition) is 0. The number of hydrogen-bond acceptors (Lipinski definition) is 2. The predicted octanol–water partition coefficient (Wildman–Crippen LogP) is 4.62. The van der Waals surface area contributed by atoms with Gasteiger partial charge in [-0.25, -0.2) is 4.98 Å². The van der Waals surface area contributed by atoms with E-state index in [0.717, 1.165) is 41.7 Å². The normalized spacial score (nSPS) is 10.8. The number of nitrogens with zero attached hydrogens (tertiary/aromatic N) is 2. The fourth-order valence-electron chi connectivity index (χ4n) is 2.17. The van der Waals surface area contributed by atoms with E-state index >= 15 is 0 Å². The Morgan fingerprint density at radius 2 is 1.78 bits per heavy atom. The van der Waals surface area contributed by atoms with Crippen molar-refractivity contribution in [3.63, 3.8) is 0 Å². The van der Waals surface area contributed by atoms with Gasteiger partial charge in [0, 0.05) is 18.5 Å². The molecule has 1 aromatic carbocycles. The van der Waals surface area contributed by atoms with Crippen molar-refractivity contribution in [2.75, 3.05) is 18.0 Å². The van der Waals surface area contributed by atoms with Gasteiger partial charge in [0.1, 0.15) is 5.82 Å². The van der Waals surface area contributed by atoms with Gasteiger partial charge in [-0.05, 0) is 40.9 Å². The van der Waals surface area contributed by atoms with E-state index in [1.54, 1.807) is 0 Å². The summed E-state index contributed by atoms with van der Waals surface area (Å²) in [6, 6.07) is 10.4. The third kappa shape index (κ3) is 2.83. The second-order valence-electron chi connectivity index (χ2n) is 4.47. The number of pyridine rings is 1. The molecule has 2 rings (SSSR count). The van der Waals surface area contributed by atoms with Gasteiger partial charge in [0.2, 0.25) is 0 Å². The molecule has 0 aliphatic heterocycles. The molecule has 0 atom stereocenters. The van der Waals surface area contributed by atoms with Crippen molar-refractivity contribution in [1.29, 1.82) is 0 Å². The maximum atomic E-state index is 4.79. The minimum atomic E-state index is 1.05. The summed E-state index contributed by atoms with van der Waals surface area (Å²) >= 11 is 3.65. The molecule has 0 amide bonds. The molecular formula is C15H19BrN2. The number of fused-ring (bicyclic) bond motifs is 1. The van der Waals surface area contributed by atoms with Gasteiger partial charge in [0.05, 0.1) is 9.99 Å². The van der Waals surface area contributed by atoms with E-state index in [0.29, 0.717) is 0 Å². The Bertz CT molecular complexity index is 519. The maximum Gasteiger partial charge on any atom is 0.143 e. The van der Waals surface area contributed by atoms with Crippen LogP contribution in [-0.4, -0.2) is 18.1 Å². The Kier molecular flexibility index (Phi) is 4.59. The SMILES string of the molecule is CCCN(CCC)c1nc2ccccc2cc1Br. The van der Waals surface area contributed by atoms with Crippen molar-refractivity contribution in [3.05, 3.63) is 34.8 Å². The molecule has 0 bridgehead atoms. The van der Waals surface area contributed by atoms with Gasteiger partial charge >= 0.3 is 0 Å². The van der Waals surface area contributed by atoms with Crippen molar-refractivity contribution in [2.24, 2.45) is 0 Å². The van der Waals surface area contributed by atoms with E-state index in [1.807, 2.05) is 12.1 Å². The zero-order valence-electron chi connectivity index (χ0n) is 11.0. The predicted molar refractivity (Wildman–Crippen MR) is 82.2 cm³/mol. The van der Waals surface area contributed by atoms with Gasteiger partial charge in [-0.3, -0.25) is 0 Å². The second kappa shape index (κ2) is 6.19. The maximum absolute atomic E-state index is 4.79. The van der Waals surface area contributed by atoms with E-state index in [1.165, 1.54) is 5.39 Å². The van der Waals surface area contributed by atoms with E-state index in [4.69, 9.17) is 4.98 Å². The molecule has 0 aliphatic rings. The highest BCUT2D eigenvalue weighted by Crippen LogP contribution is 2.28. The van der Waals surface area contributed by atoms with Crippen LogP contribution >= 0.6 is 15.9 Å². The second-order valence-corrected chi connectivity index (χ2v) is 5.33. The summed E-state index contributed by atoms with van der Waals surface area (Å²) in [6.07, 6.45) is 2.28. The lowest BCUT2D eigenvalue weighted by atomic mass is 10.2. The van der Waals surface area contributed by atoms with Crippen LogP contribution in [0.1, 0.15) is 26.7 Å². The highest BCUT2D eigenvalue weighted by atomic mass is 79.9. The molecule has 0 radical (unpaired) electrons. The van der Waals surface area contributed by atoms with Gasteiger partial charge in [-0.15, -0.1) is 0 Å². The monoisotopic (exact) mass is 306 g/mol. The molecule has 2 nitrogen and oxygen atoms in total. The van der Waals surface area contributed by atoms with Crippen molar-refractivity contribution < 1.29 is 0 Å². The van der Waals surface area contributed by atoms with Crippen LogP contribution in [0.2, 0.25) is 0 Å². The van der Waals surface area contributed by atoms with Crippen LogP contribution in [0.5, 0.6) is 0 Å². The summed E-state index contributed by atoms with van der Waals surface area (Å²) < 4.78 is 1.09. The molecule has 1 aromatic heterocycles. The highest BCUT2D eigenvalue weighted by Gasteiger charge is 2.11. The Morgan fingerprint density at radius 3 is 2.44 bits per heavy atom. The van der Waals surface area contributed by atoms with Crippen molar-refractivity contribution >= 4 is 32.7 Å². The molecule has 0 fully saturated rings. The van der Waals surface area contributed by atoms with E-state index in [9.17, 15) is 0 Å². The first kappa shape index (κ1) is 13.3. The summed E-state index contributed by atoms with van der Waals surface area (Å²) in [7, 11) is 0. The van der Waals surface area contributed by atoms with Crippen LogP contribution in [-0.2, 0) is 0 Å². The number of para-hydroxylation sites is 1. The third-order valence-corrected chi connectivity index (χ3v) is 3.53. The van der Waals surface area contributed by atoms with E-state index < -0.39 is 0 Å². The van der Waals surface area contributed by atoms with Gasteiger partial charge < -0.3 is 4.90 Å². The third-order valence-electron chi connectivity index (χ3n) is 2.95. The van der Waals surface area contributed by atoms with Crippen LogP contribution in [0.25, 0.3) is 10.9 Å². The Morgan fingerprint density at radius 1 is 1.11 bits per heavy atom. The molecule has 0 unspecified atom stereocenters. The average Bonchev–Trinajstić information content (AvgIpc) is 2.38. The first-order valence-corrected chi connectivity index (χ1v) is 7.35. The molecule has 2 aromatic rings. The van der Waals surface area contributed by atoms with Gasteiger partial charge in [-0.1, -0.05) is 32.0 Å². The Labute approximate surface area is 117 Å². The van der Waals surface area contributed by atoms with Crippen LogP contribution in [0.4, 0.5) is 5.82 Å². The summed E-state index contributed by atoms with van der Waals surface area (Å²) in [5.41, 5.74) is 1.06. The lowest BCUT2D eigenvalue weighted by molar-refractivity contribution is 0.734. The fraction of sp³-hybridized carbons (Fsp3) is 0.400.